The molecule has 0 saturated heterocycles. The van der Waals surface area contributed by atoms with Crippen LogP contribution in [0.4, 0.5) is 0 Å². The number of carboxylic acids is 1. The van der Waals surface area contributed by atoms with Gasteiger partial charge in [0.25, 0.3) is 0 Å². The monoisotopic (exact) mass is 319 g/mol. The molecule has 1 rings (SSSR count). The van der Waals surface area contributed by atoms with Crippen LogP contribution in [0.25, 0.3) is 0 Å². The average Bonchev–Trinajstić information content (AvgIpc) is 2.53. The van der Waals surface area contributed by atoms with E-state index in [9.17, 15) is 9.59 Å². The smallest absolute Gasteiger partial charge is 0.303 e. The molecule has 0 atom stereocenters. The zero-order valence-electron chi connectivity index (χ0n) is 14.5. The van der Waals surface area contributed by atoms with Crippen LogP contribution in [0.3, 0.4) is 0 Å². The van der Waals surface area contributed by atoms with Crippen LogP contribution in [0, 0.1) is 0 Å². The number of unbranched alkanes of at least 4 members (excludes halogenated alkanes) is 3. The van der Waals surface area contributed by atoms with Gasteiger partial charge in [0.05, 0.1) is 5.41 Å². The summed E-state index contributed by atoms with van der Waals surface area (Å²) in [7, 11) is 0. The van der Waals surface area contributed by atoms with Gasteiger partial charge < -0.3 is 10.4 Å². The van der Waals surface area contributed by atoms with Crippen molar-refractivity contribution in [2.45, 2.75) is 64.7 Å². The summed E-state index contributed by atoms with van der Waals surface area (Å²) in [6.45, 7) is 6.64. The normalized spacial score (nSPS) is 11.3. The van der Waals surface area contributed by atoms with Crippen molar-refractivity contribution in [3.8, 4) is 0 Å². The third-order valence-corrected chi connectivity index (χ3v) is 4.25. The predicted molar refractivity (Wildman–Crippen MR) is 92.6 cm³/mol. The Morgan fingerprint density at radius 2 is 1.65 bits per heavy atom. The molecule has 23 heavy (non-hydrogen) atoms. The second kappa shape index (κ2) is 9.33. The van der Waals surface area contributed by atoms with Crippen molar-refractivity contribution in [1.29, 1.82) is 0 Å². The van der Waals surface area contributed by atoms with Gasteiger partial charge in [-0.2, -0.15) is 0 Å². The van der Waals surface area contributed by atoms with E-state index in [1.165, 1.54) is 5.56 Å². The number of aryl methyl sites for hydroxylation is 1. The Bertz CT molecular complexity index is 506. The molecule has 2 N–H and O–H groups in total. The van der Waals surface area contributed by atoms with E-state index >= 15 is 0 Å². The molecule has 1 amide bonds. The van der Waals surface area contributed by atoms with Crippen LogP contribution in [0.5, 0.6) is 0 Å². The lowest BCUT2D eigenvalue weighted by atomic mass is 9.83. The summed E-state index contributed by atoms with van der Waals surface area (Å²) < 4.78 is 0. The number of carbonyl (C=O) groups excluding carboxylic acids is 1. The van der Waals surface area contributed by atoms with Crippen molar-refractivity contribution >= 4 is 11.9 Å². The second-order valence-electron chi connectivity index (χ2n) is 6.49. The molecule has 1 aromatic carbocycles. The minimum Gasteiger partial charge on any atom is -0.481 e. The van der Waals surface area contributed by atoms with E-state index in [1.807, 2.05) is 26.0 Å². The minimum atomic E-state index is -0.742. The predicted octanol–water partition coefficient (Wildman–Crippen LogP) is 3.68. The third kappa shape index (κ3) is 6.43. The van der Waals surface area contributed by atoms with Gasteiger partial charge in [0, 0.05) is 13.0 Å². The number of hydrogen-bond donors (Lipinski definition) is 2. The average molecular weight is 319 g/mol. The van der Waals surface area contributed by atoms with E-state index < -0.39 is 11.4 Å². The van der Waals surface area contributed by atoms with Gasteiger partial charge in [-0.25, -0.2) is 0 Å². The fourth-order valence-corrected chi connectivity index (χ4v) is 2.47. The summed E-state index contributed by atoms with van der Waals surface area (Å²) in [6.07, 6.45) is 4.65. The highest BCUT2D eigenvalue weighted by Gasteiger charge is 2.29. The summed E-state index contributed by atoms with van der Waals surface area (Å²) in [5.74, 6) is -0.707. The fourth-order valence-electron chi connectivity index (χ4n) is 2.47. The summed E-state index contributed by atoms with van der Waals surface area (Å²) in [4.78, 5) is 22.8. The van der Waals surface area contributed by atoms with Crippen molar-refractivity contribution < 1.29 is 14.7 Å². The molecule has 4 heteroatoms. The molecule has 0 radical (unpaired) electrons. The highest BCUT2D eigenvalue weighted by atomic mass is 16.4. The van der Waals surface area contributed by atoms with Crippen LogP contribution in [-0.4, -0.2) is 23.5 Å². The highest BCUT2D eigenvalue weighted by Crippen LogP contribution is 2.24. The molecule has 0 heterocycles. The van der Waals surface area contributed by atoms with Gasteiger partial charge in [-0.1, -0.05) is 44.0 Å². The van der Waals surface area contributed by atoms with Crippen LogP contribution >= 0.6 is 0 Å². The summed E-state index contributed by atoms with van der Waals surface area (Å²) in [6, 6.07) is 8.22. The number of benzene rings is 1. The number of hydrogen-bond acceptors (Lipinski definition) is 2. The Kier molecular flexibility index (Phi) is 7.79. The van der Waals surface area contributed by atoms with Gasteiger partial charge >= 0.3 is 5.97 Å². The molecule has 4 nitrogen and oxygen atoms in total. The molecule has 0 saturated carbocycles. The molecule has 0 aliphatic rings. The maximum Gasteiger partial charge on any atom is 0.303 e. The van der Waals surface area contributed by atoms with E-state index in [0.29, 0.717) is 13.0 Å². The number of aliphatic carboxylic acids is 1. The van der Waals surface area contributed by atoms with Crippen molar-refractivity contribution in [2.75, 3.05) is 6.54 Å². The lowest BCUT2D eigenvalue weighted by Crippen LogP contribution is -2.40. The Morgan fingerprint density at radius 3 is 2.22 bits per heavy atom. The SMILES string of the molecule is CCc1ccc(C(C)(C)C(=O)NCCCCCCC(=O)O)cc1. The standard InChI is InChI=1S/C19H29NO3/c1-4-15-10-12-16(13-11-15)19(2,3)18(23)20-14-8-6-5-7-9-17(21)22/h10-13H,4-9,14H2,1-3H3,(H,20,23)(H,21,22). The number of amides is 1. The zero-order chi connectivity index (χ0) is 17.3. The van der Waals surface area contributed by atoms with Crippen LogP contribution in [0.15, 0.2) is 24.3 Å². The molecule has 0 aromatic heterocycles. The van der Waals surface area contributed by atoms with Gasteiger partial charge in [0.15, 0.2) is 0 Å². The first-order valence-electron chi connectivity index (χ1n) is 8.47. The Hall–Kier alpha value is -1.84. The van der Waals surface area contributed by atoms with Gasteiger partial charge in [0.2, 0.25) is 5.91 Å². The molecule has 128 valence electrons. The molecular weight excluding hydrogens is 290 g/mol. The van der Waals surface area contributed by atoms with Crippen molar-refractivity contribution in [2.24, 2.45) is 0 Å². The van der Waals surface area contributed by atoms with E-state index in [0.717, 1.165) is 31.2 Å². The van der Waals surface area contributed by atoms with Crippen molar-refractivity contribution in [3.63, 3.8) is 0 Å². The molecule has 0 spiro atoms. The number of nitrogens with one attached hydrogen (secondary N) is 1. The Labute approximate surface area is 139 Å². The molecule has 0 unspecified atom stereocenters. The van der Waals surface area contributed by atoms with Crippen molar-refractivity contribution in [3.05, 3.63) is 35.4 Å². The Balaban J connectivity index is 2.35. The highest BCUT2D eigenvalue weighted by molar-refractivity contribution is 5.87. The molecule has 1 aromatic rings. The molecule has 0 aliphatic heterocycles. The minimum absolute atomic E-state index is 0.0345. The topological polar surface area (TPSA) is 66.4 Å². The van der Waals surface area contributed by atoms with E-state index in [4.69, 9.17) is 5.11 Å². The fraction of sp³-hybridized carbons (Fsp3) is 0.579. The molecular formula is C19H29NO3. The summed E-state index contributed by atoms with van der Waals surface area (Å²) in [5.41, 5.74) is 1.75. The van der Waals surface area contributed by atoms with Crippen LogP contribution < -0.4 is 5.32 Å². The van der Waals surface area contributed by atoms with Crippen LogP contribution in [-0.2, 0) is 21.4 Å². The Morgan fingerprint density at radius 1 is 1.04 bits per heavy atom. The van der Waals surface area contributed by atoms with Gasteiger partial charge in [-0.05, 0) is 44.2 Å². The number of carboxylic acid groups (broad SMARTS) is 1. The van der Waals surface area contributed by atoms with Gasteiger partial charge in [-0.3, -0.25) is 9.59 Å². The zero-order valence-corrected chi connectivity index (χ0v) is 14.5. The maximum atomic E-state index is 12.4. The first-order valence-corrected chi connectivity index (χ1v) is 8.47. The second-order valence-corrected chi connectivity index (χ2v) is 6.49. The van der Waals surface area contributed by atoms with E-state index in [2.05, 4.69) is 24.4 Å². The lowest BCUT2D eigenvalue weighted by Gasteiger charge is -2.24. The van der Waals surface area contributed by atoms with E-state index in [1.54, 1.807) is 0 Å². The van der Waals surface area contributed by atoms with Crippen molar-refractivity contribution in [1.82, 2.24) is 5.32 Å². The molecule has 0 bridgehead atoms. The number of rotatable bonds is 10. The first kappa shape index (κ1) is 19.2. The quantitative estimate of drug-likeness (QED) is 0.647. The van der Waals surface area contributed by atoms with Crippen LogP contribution in [0.2, 0.25) is 0 Å². The van der Waals surface area contributed by atoms with E-state index in [-0.39, 0.29) is 12.3 Å². The molecule has 0 fully saturated rings. The summed E-state index contributed by atoms with van der Waals surface area (Å²) in [5, 5.41) is 11.6. The summed E-state index contributed by atoms with van der Waals surface area (Å²) >= 11 is 0. The molecule has 0 aliphatic carbocycles. The number of carbonyl (C=O) groups is 2. The van der Waals surface area contributed by atoms with Crippen LogP contribution in [0.1, 0.15) is 64.0 Å². The maximum absolute atomic E-state index is 12.4. The third-order valence-electron chi connectivity index (χ3n) is 4.25. The lowest BCUT2D eigenvalue weighted by molar-refractivity contribution is -0.137. The first-order chi connectivity index (χ1) is 10.9. The largest absolute Gasteiger partial charge is 0.481 e. The van der Waals surface area contributed by atoms with Gasteiger partial charge in [-0.15, -0.1) is 0 Å². The van der Waals surface area contributed by atoms with Gasteiger partial charge in [0.1, 0.15) is 0 Å².